The fraction of sp³-hybridized carbons (Fsp3) is 0.0769. The van der Waals surface area contributed by atoms with Crippen LogP contribution in [0.1, 0.15) is 10.5 Å². The van der Waals surface area contributed by atoms with E-state index in [0.29, 0.717) is 5.69 Å². The van der Waals surface area contributed by atoms with Gasteiger partial charge < -0.3 is 10.6 Å². The number of carbonyl (C=O) groups excluding carboxylic acids is 1. The minimum atomic E-state index is -0.397. The minimum Gasteiger partial charge on any atom is -0.387 e. The van der Waals surface area contributed by atoms with Crippen LogP contribution in [0.25, 0.3) is 0 Å². The lowest BCUT2D eigenvalue weighted by Gasteiger charge is -2.05. The van der Waals surface area contributed by atoms with Gasteiger partial charge >= 0.3 is 0 Å². The van der Waals surface area contributed by atoms with E-state index in [2.05, 4.69) is 15.6 Å². The fourth-order valence-corrected chi connectivity index (χ4v) is 1.44. The minimum absolute atomic E-state index is 0.276. The Morgan fingerprint density at radius 3 is 2.67 bits per heavy atom. The average Bonchev–Trinajstić information content (AvgIpc) is 2.39. The topological polar surface area (TPSA) is 54.0 Å². The Morgan fingerprint density at radius 2 is 2.06 bits per heavy atom. The van der Waals surface area contributed by atoms with Crippen molar-refractivity contribution in [3.63, 3.8) is 0 Å². The molecule has 0 fully saturated rings. The largest absolute Gasteiger partial charge is 0.387 e. The highest BCUT2D eigenvalue weighted by Gasteiger charge is 2.07. The van der Waals surface area contributed by atoms with Crippen LogP contribution in [0.2, 0.25) is 0 Å². The molecule has 2 N–H and O–H groups in total. The maximum Gasteiger partial charge on any atom is 0.274 e. The summed E-state index contributed by atoms with van der Waals surface area (Å²) in [6.07, 6.45) is 1.56. The molecule has 0 bridgehead atoms. The van der Waals surface area contributed by atoms with Gasteiger partial charge in [-0.3, -0.25) is 4.79 Å². The van der Waals surface area contributed by atoms with Gasteiger partial charge in [-0.1, -0.05) is 6.07 Å². The molecule has 1 heterocycles. The molecule has 0 unspecified atom stereocenters. The third kappa shape index (κ3) is 2.82. The molecule has 2 aromatic rings. The molecule has 92 valence electrons. The Hall–Kier alpha value is -2.43. The van der Waals surface area contributed by atoms with E-state index in [1.807, 2.05) is 0 Å². The number of rotatable bonds is 3. The van der Waals surface area contributed by atoms with Gasteiger partial charge in [-0.25, -0.2) is 9.37 Å². The van der Waals surface area contributed by atoms with Crippen molar-refractivity contribution in [2.75, 3.05) is 17.7 Å². The van der Waals surface area contributed by atoms with Crippen LogP contribution in [-0.2, 0) is 0 Å². The second kappa shape index (κ2) is 5.27. The maximum atomic E-state index is 12.9. The summed E-state index contributed by atoms with van der Waals surface area (Å²) < 4.78 is 12.9. The molecule has 0 aliphatic heterocycles. The van der Waals surface area contributed by atoms with Crippen molar-refractivity contribution in [3.05, 3.63) is 54.1 Å². The number of hydrogen-bond acceptors (Lipinski definition) is 3. The zero-order chi connectivity index (χ0) is 13.0. The van der Waals surface area contributed by atoms with E-state index in [-0.39, 0.29) is 11.6 Å². The number of hydrogen-bond donors (Lipinski definition) is 2. The summed E-state index contributed by atoms with van der Waals surface area (Å²) in [5.74, 6) is -0.769. The molecule has 0 saturated heterocycles. The number of aromatic nitrogens is 1. The van der Waals surface area contributed by atoms with Gasteiger partial charge in [-0.05, 0) is 30.3 Å². The Labute approximate surface area is 104 Å². The van der Waals surface area contributed by atoms with Crippen LogP contribution >= 0.6 is 0 Å². The normalized spacial score (nSPS) is 9.89. The second-order valence-electron chi connectivity index (χ2n) is 3.65. The molecule has 1 aromatic carbocycles. The van der Waals surface area contributed by atoms with Crippen molar-refractivity contribution in [1.82, 2.24) is 4.98 Å². The monoisotopic (exact) mass is 245 g/mol. The average molecular weight is 245 g/mol. The molecule has 0 aliphatic rings. The van der Waals surface area contributed by atoms with Crippen LogP contribution in [0, 0.1) is 5.82 Å². The summed E-state index contributed by atoms with van der Waals surface area (Å²) >= 11 is 0. The molecule has 18 heavy (non-hydrogen) atoms. The molecule has 0 spiro atoms. The summed E-state index contributed by atoms with van der Waals surface area (Å²) in [6.45, 7) is 0. The quantitative estimate of drug-likeness (QED) is 0.873. The smallest absolute Gasteiger partial charge is 0.274 e. The molecule has 0 atom stereocenters. The first-order valence-corrected chi connectivity index (χ1v) is 5.40. The zero-order valence-electron chi connectivity index (χ0n) is 9.77. The van der Waals surface area contributed by atoms with Gasteiger partial charge in [0.15, 0.2) is 0 Å². The summed E-state index contributed by atoms with van der Waals surface area (Å²) in [5.41, 5.74) is 1.50. The van der Waals surface area contributed by atoms with Crippen molar-refractivity contribution >= 4 is 17.3 Å². The summed E-state index contributed by atoms with van der Waals surface area (Å²) in [6, 6.07) is 9.05. The van der Waals surface area contributed by atoms with Crippen molar-refractivity contribution in [2.24, 2.45) is 0 Å². The van der Waals surface area contributed by atoms with E-state index >= 15 is 0 Å². The first-order chi connectivity index (χ1) is 8.69. The van der Waals surface area contributed by atoms with Crippen molar-refractivity contribution in [1.29, 1.82) is 0 Å². The van der Waals surface area contributed by atoms with Crippen LogP contribution in [0.15, 0.2) is 42.6 Å². The zero-order valence-corrected chi connectivity index (χ0v) is 9.77. The molecule has 2 rings (SSSR count). The first kappa shape index (κ1) is 12.0. The number of carbonyl (C=O) groups is 1. The number of nitrogens with zero attached hydrogens (tertiary/aromatic N) is 1. The van der Waals surface area contributed by atoms with Crippen LogP contribution in [-0.4, -0.2) is 17.9 Å². The second-order valence-corrected chi connectivity index (χ2v) is 3.65. The van der Waals surface area contributed by atoms with Crippen molar-refractivity contribution in [3.8, 4) is 0 Å². The maximum absolute atomic E-state index is 12.9. The lowest BCUT2D eigenvalue weighted by molar-refractivity contribution is 0.102. The standard InChI is InChI=1S/C13H12FN3O/c1-15-11-5-6-12(16-8-11)13(18)17-10-4-2-3-9(14)7-10/h2-8,15H,1H3,(H,17,18). The Morgan fingerprint density at radius 1 is 1.22 bits per heavy atom. The SMILES string of the molecule is CNc1ccc(C(=O)Nc2cccc(F)c2)nc1. The van der Waals surface area contributed by atoms with E-state index in [0.717, 1.165) is 5.69 Å². The van der Waals surface area contributed by atoms with Gasteiger partial charge in [0.25, 0.3) is 5.91 Å². The third-order valence-corrected chi connectivity index (χ3v) is 2.37. The molecule has 0 radical (unpaired) electrons. The number of anilines is 2. The third-order valence-electron chi connectivity index (χ3n) is 2.37. The molecule has 1 aromatic heterocycles. The molecule has 5 heteroatoms. The van der Waals surface area contributed by atoms with Gasteiger partial charge in [0, 0.05) is 12.7 Å². The van der Waals surface area contributed by atoms with Gasteiger partial charge in [0.2, 0.25) is 0 Å². The van der Waals surface area contributed by atoms with E-state index in [4.69, 9.17) is 0 Å². The number of benzene rings is 1. The van der Waals surface area contributed by atoms with Gasteiger partial charge in [-0.2, -0.15) is 0 Å². The summed E-state index contributed by atoms with van der Waals surface area (Å²) in [4.78, 5) is 15.8. The number of amides is 1. The molecular formula is C13H12FN3O. The Kier molecular flexibility index (Phi) is 3.52. The van der Waals surface area contributed by atoms with Crippen LogP contribution in [0.4, 0.5) is 15.8 Å². The first-order valence-electron chi connectivity index (χ1n) is 5.40. The highest BCUT2D eigenvalue weighted by molar-refractivity contribution is 6.02. The predicted molar refractivity (Wildman–Crippen MR) is 68.1 cm³/mol. The van der Waals surface area contributed by atoms with Gasteiger partial charge in [0.05, 0.1) is 11.9 Å². The highest BCUT2D eigenvalue weighted by atomic mass is 19.1. The van der Waals surface area contributed by atoms with Crippen molar-refractivity contribution < 1.29 is 9.18 Å². The van der Waals surface area contributed by atoms with E-state index in [1.165, 1.54) is 18.2 Å². The van der Waals surface area contributed by atoms with Crippen LogP contribution in [0.3, 0.4) is 0 Å². The van der Waals surface area contributed by atoms with E-state index < -0.39 is 5.82 Å². The number of pyridine rings is 1. The Balaban J connectivity index is 2.11. The lowest BCUT2D eigenvalue weighted by Crippen LogP contribution is -2.13. The van der Waals surface area contributed by atoms with Crippen LogP contribution < -0.4 is 10.6 Å². The van der Waals surface area contributed by atoms with Crippen molar-refractivity contribution in [2.45, 2.75) is 0 Å². The summed E-state index contributed by atoms with van der Waals surface area (Å²) in [5, 5.41) is 5.48. The summed E-state index contributed by atoms with van der Waals surface area (Å²) in [7, 11) is 1.77. The molecule has 4 nitrogen and oxygen atoms in total. The van der Waals surface area contributed by atoms with Crippen LogP contribution in [0.5, 0.6) is 0 Å². The molecule has 0 saturated carbocycles. The molecule has 0 aliphatic carbocycles. The fourth-order valence-electron chi connectivity index (χ4n) is 1.44. The lowest BCUT2D eigenvalue weighted by atomic mass is 10.2. The Bertz CT molecular complexity index is 554. The van der Waals surface area contributed by atoms with Gasteiger partial charge in [0.1, 0.15) is 11.5 Å². The predicted octanol–water partition coefficient (Wildman–Crippen LogP) is 2.51. The molecule has 1 amide bonds. The van der Waals surface area contributed by atoms with E-state index in [9.17, 15) is 9.18 Å². The molecular weight excluding hydrogens is 233 g/mol. The number of halogens is 1. The van der Waals surface area contributed by atoms with E-state index in [1.54, 1.807) is 31.4 Å². The number of nitrogens with one attached hydrogen (secondary N) is 2. The van der Waals surface area contributed by atoms with Gasteiger partial charge in [-0.15, -0.1) is 0 Å². The highest BCUT2D eigenvalue weighted by Crippen LogP contribution is 2.11.